The van der Waals surface area contributed by atoms with Crippen LogP contribution in [0.5, 0.6) is 5.75 Å². The summed E-state index contributed by atoms with van der Waals surface area (Å²) >= 11 is 8.02. The highest BCUT2D eigenvalue weighted by Gasteiger charge is 2.14. The molecule has 2 aromatic rings. The summed E-state index contributed by atoms with van der Waals surface area (Å²) in [6.45, 7) is -0.0665. The molecular weight excluding hydrogens is 408 g/mol. The largest absolute Gasteiger partial charge is 0.477 e. The second kappa shape index (κ2) is 6.88. The van der Waals surface area contributed by atoms with Crippen LogP contribution in [-0.2, 0) is 0 Å². The SMILES string of the molecule is N#CCOc1ccccc1NC(=O)c1cc(Br)c(Br)s1. The number of nitriles is 1. The van der Waals surface area contributed by atoms with Crippen LogP contribution in [0, 0.1) is 11.3 Å². The van der Waals surface area contributed by atoms with Crippen LogP contribution in [0.2, 0.25) is 0 Å². The number of halogens is 2. The summed E-state index contributed by atoms with van der Waals surface area (Å²) in [5, 5.41) is 11.3. The molecule has 2 rings (SSSR count). The van der Waals surface area contributed by atoms with Gasteiger partial charge in [-0.1, -0.05) is 12.1 Å². The van der Waals surface area contributed by atoms with Crippen LogP contribution >= 0.6 is 43.2 Å². The third kappa shape index (κ3) is 3.60. The van der Waals surface area contributed by atoms with E-state index in [1.807, 2.05) is 6.07 Å². The summed E-state index contributed by atoms with van der Waals surface area (Å²) in [5.41, 5.74) is 0.536. The van der Waals surface area contributed by atoms with Crippen molar-refractivity contribution in [1.29, 1.82) is 5.26 Å². The van der Waals surface area contributed by atoms with Gasteiger partial charge >= 0.3 is 0 Å². The number of hydrogen-bond acceptors (Lipinski definition) is 4. The lowest BCUT2D eigenvalue weighted by Gasteiger charge is -2.09. The van der Waals surface area contributed by atoms with Crippen molar-refractivity contribution in [1.82, 2.24) is 0 Å². The van der Waals surface area contributed by atoms with Gasteiger partial charge in [-0.25, -0.2) is 0 Å². The van der Waals surface area contributed by atoms with Gasteiger partial charge in [-0.3, -0.25) is 4.79 Å². The highest BCUT2D eigenvalue weighted by atomic mass is 79.9. The molecule has 20 heavy (non-hydrogen) atoms. The first-order chi connectivity index (χ1) is 9.61. The van der Waals surface area contributed by atoms with Crippen LogP contribution in [0.4, 0.5) is 5.69 Å². The van der Waals surface area contributed by atoms with Gasteiger partial charge in [0.25, 0.3) is 5.91 Å². The predicted octanol–water partition coefficient (Wildman–Crippen LogP) is 4.43. The van der Waals surface area contributed by atoms with E-state index in [-0.39, 0.29) is 12.5 Å². The molecule has 1 N–H and O–H groups in total. The Morgan fingerprint density at radius 1 is 1.40 bits per heavy atom. The molecule has 0 aliphatic heterocycles. The van der Waals surface area contributed by atoms with Gasteiger partial charge in [-0.2, -0.15) is 5.26 Å². The van der Waals surface area contributed by atoms with Gasteiger partial charge in [0.05, 0.1) is 14.4 Å². The Labute approximate surface area is 136 Å². The number of thiophene rings is 1. The molecule has 0 unspecified atom stereocenters. The summed E-state index contributed by atoms with van der Waals surface area (Å²) in [6, 6.07) is 10.6. The minimum absolute atomic E-state index is 0.0665. The van der Waals surface area contributed by atoms with Crippen molar-refractivity contribution in [3.63, 3.8) is 0 Å². The average molecular weight is 416 g/mol. The monoisotopic (exact) mass is 414 g/mol. The van der Waals surface area contributed by atoms with E-state index < -0.39 is 0 Å². The number of nitrogens with zero attached hydrogens (tertiary/aromatic N) is 1. The number of amides is 1. The zero-order chi connectivity index (χ0) is 14.5. The first-order valence-corrected chi connectivity index (χ1v) is 7.87. The summed E-state index contributed by atoms with van der Waals surface area (Å²) in [7, 11) is 0. The topological polar surface area (TPSA) is 62.1 Å². The summed E-state index contributed by atoms with van der Waals surface area (Å²) in [4.78, 5) is 12.7. The second-order valence-corrected chi connectivity index (χ2v) is 6.85. The van der Waals surface area contributed by atoms with Crippen LogP contribution in [0.15, 0.2) is 38.6 Å². The number of rotatable bonds is 4. The van der Waals surface area contributed by atoms with Gasteiger partial charge in [0, 0.05) is 4.47 Å². The van der Waals surface area contributed by atoms with E-state index in [9.17, 15) is 4.79 Å². The maximum absolute atomic E-state index is 12.1. The molecule has 0 saturated heterocycles. The molecule has 1 aromatic carbocycles. The van der Waals surface area contributed by atoms with Crippen LogP contribution in [0.1, 0.15) is 9.67 Å². The molecule has 0 spiro atoms. The fraction of sp³-hybridized carbons (Fsp3) is 0.0769. The summed E-state index contributed by atoms with van der Waals surface area (Å²) in [6.07, 6.45) is 0. The van der Waals surface area contributed by atoms with Crippen molar-refractivity contribution in [3.8, 4) is 11.8 Å². The molecular formula is C13H8Br2N2O2S. The number of anilines is 1. The van der Waals surface area contributed by atoms with Crippen molar-refractivity contribution >= 4 is 54.8 Å². The van der Waals surface area contributed by atoms with Crippen LogP contribution in [0.3, 0.4) is 0 Å². The first-order valence-electron chi connectivity index (χ1n) is 5.46. The van der Waals surface area contributed by atoms with Crippen LogP contribution in [-0.4, -0.2) is 12.5 Å². The third-order valence-electron chi connectivity index (χ3n) is 2.30. The number of carbonyl (C=O) groups is 1. The van der Waals surface area contributed by atoms with Gasteiger partial charge in [0.15, 0.2) is 6.61 Å². The van der Waals surface area contributed by atoms with E-state index in [2.05, 4.69) is 37.2 Å². The smallest absolute Gasteiger partial charge is 0.265 e. The van der Waals surface area contributed by atoms with Crippen molar-refractivity contribution in [2.75, 3.05) is 11.9 Å². The quantitative estimate of drug-likeness (QED) is 0.803. The van der Waals surface area contributed by atoms with Crippen molar-refractivity contribution < 1.29 is 9.53 Å². The van der Waals surface area contributed by atoms with E-state index in [0.717, 1.165) is 8.26 Å². The second-order valence-electron chi connectivity index (χ2n) is 3.63. The third-order valence-corrected chi connectivity index (χ3v) is 5.55. The summed E-state index contributed by atoms with van der Waals surface area (Å²) in [5.74, 6) is 0.242. The highest BCUT2D eigenvalue weighted by molar-refractivity contribution is 9.13. The van der Waals surface area contributed by atoms with E-state index in [0.29, 0.717) is 16.3 Å². The molecule has 0 atom stereocenters. The van der Waals surface area contributed by atoms with Gasteiger partial charge in [-0.05, 0) is 50.1 Å². The summed E-state index contributed by atoms with van der Waals surface area (Å²) < 4.78 is 6.95. The van der Waals surface area contributed by atoms with Gasteiger partial charge in [0.1, 0.15) is 11.8 Å². The highest BCUT2D eigenvalue weighted by Crippen LogP contribution is 2.33. The zero-order valence-electron chi connectivity index (χ0n) is 10.0. The van der Waals surface area contributed by atoms with Crippen LogP contribution < -0.4 is 10.1 Å². The minimum atomic E-state index is -0.227. The molecule has 0 aliphatic rings. The fourth-order valence-corrected chi connectivity index (χ4v) is 3.38. The molecule has 0 radical (unpaired) electrons. The fourth-order valence-electron chi connectivity index (χ4n) is 1.45. The minimum Gasteiger partial charge on any atom is -0.477 e. The Hall–Kier alpha value is -1.36. The van der Waals surface area contributed by atoms with Crippen molar-refractivity contribution in [3.05, 3.63) is 43.5 Å². The number of benzene rings is 1. The Morgan fingerprint density at radius 3 is 2.80 bits per heavy atom. The standard InChI is InChI=1S/C13H8Br2N2O2S/c14-8-7-11(20-12(8)15)13(18)17-9-3-1-2-4-10(9)19-6-5-16/h1-4,7H,6H2,(H,17,18). The number of para-hydroxylation sites is 2. The zero-order valence-corrected chi connectivity index (χ0v) is 14.0. The van der Waals surface area contributed by atoms with Crippen molar-refractivity contribution in [2.45, 2.75) is 0 Å². The Kier molecular flexibility index (Phi) is 5.17. The lowest BCUT2D eigenvalue weighted by molar-refractivity contribution is 0.103. The number of hydrogen-bond donors (Lipinski definition) is 1. The Bertz CT molecular complexity index is 660. The number of carbonyl (C=O) groups excluding carboxylic acids is 1. The molecule has 0 saturated carbocycles. The molecule has 102 valence electrons. The molecule has 0 aliphatic carbocycles. The maximum atomic E-state index is 12.1. The van der Waals surface area contributed by atoms with E-state index in [1.54, 1.807) is 30.3 Å². The lowest BCUT2D eigenvalue weighted by Crippen LogP contribution is -2.11. The predicted molar refractivity (Wildman–Crippen MR) is 85.2 cm³/mol. The molecule has 7 heteroatoms. The maximum Gasteiger partial charge on any atom is 0.265 e. The van der Waals surface area contributed by atoms with E-state index in [1.165, 1.54) is 11.3 Å². The molecule has 1 heterocycles. The van der Waals surface area contributed by atoms with E-state index >= 15 is 0 Å². The lowest BCUT2D eigenvalue weighted by atomic mass is 10.3. The molecule has 4 nitrogen and oxygen atoms in total. The van der Waals surface area contributed by atoms with Crippen LogP contribution in [0.25, 0.3) is 0 Å². The number of ether oxygens (including phenoxy) is 1. The van der Waals surface area contributed by atoms with Gasteiger partial charge < -0.3 is 10.1 Å². The number of nitrogens with one attached hydrogen (secondary N) is 1. The Balaban J connectivity index is 2.17. The first kappa shape index (κ1) is 15.0. The average Bonchev–Trinajstić information content (AvgIpc) is 2.78. The van der Waals surface area contributed by atoms with Crippen molar-refractivity contribution in [2.24, 2.45) is 0 Å². The molecule has 1 aromatic heterocycles. The Morgan fingerprint density at radius 2 is 2.15 bits per heavy atom. The van der Waals surface area contributed by atoms with Gasteiger partial charge in [-0.15, -0.1) is 11.3 Å². The van der Waals surface area contributed by atoms with Gasteiger partial charge in [0.2, 0.25) is 0 Å². The van der Waals surface area contributed by atoms with E-state index in [4.69, 9.17) is 10.00 Å². The molecule has 0 bridgehead atoms. The molecule has 0 fully saturated rings. The molecule has 1 amide bonds. The normalized spacial score (nSPS) is 9.85.